The van der Waals surface area contributed by atoms with Crippen LogP contribution in [0.15, 0.2) is 12.2 Å². The van der Waals surface area contributed by atoms with E-state index < -0.39 is 0 Å². The van der Waals surface area contributed by atoms with E-state index in [2.05, 4.69) is 22.6 Å². The van der Waals surface area contributed by atoms with Crippen molar-refractivity contribution in [2.45, 2.75) is 0 Å². The van der Waals surface area contributed by atoms with Crippen LogP contribution in [0.4, 0.5) is 0 Å². The molecule has 0 bridgehead atoms. The van der Waals surface area contributed by atoms with Crippen molar-refractivity contribution >= 4 is 5.91 Å². The SMILES string of the molecule is [3H]c1n[c-]c[c-]c1C(=O)NC.[U].[V]. The molecule has 0 saturated heterocycles. The third-order valence-corrected chi connectivity index (χ3v) is 0.967. The van der Waals surface area contributed by atoms with Gasteiger partial charge in [0.05, 0.1) is 0 Å². The molecule has 0 saturated carbocycles. The Labute approximate surface area is 108 Å². The van der Waals surface area contributed by atoms with E-state index in [1.54, 1.807) is 0 Å². The molecule has 12 heavy (non-hydrogen) atoms. The molecule has 0 aromatic carbocycles. The van der Waals surface area contributed by atoms with Gasteiger partial charge in [-0.15, -0.1) is 0 Å². The van der Waals surface area contributed by atoms with Crippen molar-refractivity contribution in [2.24, 2.45) is 0 Å². The number of aromatic nitrogens is 1. The van der Waals surface area contributed by atoms with E-state index in [4.69, 9.17) is 1.37 Å². The average Bonchev–Trinajstić information content (AvgIpc) is 2.04. The average molecular weight is 425 g/mol. The molecule has 0 atom stereocenters. The molecule has 5 heteroatoms. The van der Waals surface area contributed by atoms with Crippen LogP contribution in [0, 0.1) is 43.4 Å². The summed E-state index contributed by atoms with van der Waals surface area (Å²) in [7, 11) is 1.49. The summed E-state index contributed by atoms with van der Waals surface area (Å²) >= 11 is 0. The zero-order valence-corrected chi connectivity index (χ0v) is 11.9. The summed E-state index contributed by atoms with van der Waals surface area (Å²) in [6.07, 6.45) is 2.30. The van der Waals surface area contributed by atoms with Crippen molar-refractivity contribution < 1.29 is 55.8 Å². The maximum Gasteiger partial charge on any atom is 0.205 e. The fraction of sp³-hybridized carbons (Fsp3) is 0.143. The van der Waals surface area contributed by atoms with Crippen molar-refractivity contribution in [1.82, 2.24) is 10.3 Å². The van der Waals surface area contributed by atoms with Crippen LogP contribution >= 0.6 is 0 Å². The van der Waals surface area contributed by atoms with Crippen LogP contribution in [0.25, 0.3) is 0 Å². The smallest absolute Gasteiger partial charge is 0.205 e. The van der Waals surface area contributed by atoms with Gasteiger partial charge in [0.15, 0.2) is 0 Å². The molecule has 1 aromatic heterocycles. The van der Waals surface area contributed by atoms with Gasteiger partial charge in [0.1, 0.15) is 0 Å². The van der Waals surface area contributed by atoms with Gasteiger partial charge in [-0.25, -0.2) is 0 Å². The van der Waals surface area contributed by atoms with Crippen molar-refractivity contribution in [3.63, 3.8) is 0 Å². The molecule has 1 heterocycles. The number of carbonyl (C=O) groups is 1. The summed E-state index contributed by atoms with van der Waals surface area (Å²) < 4.78 is 7.17. The Morgan fingerprint density at radius 2 is 2.50 bits per heavy atom. The second kappa shape index (κ2) is 7.88. The molecule has 3 nitrogen and oxygen atoms in total. The van der Waals surface area contributed by atoms with Crippen LogP contribution in [-0.2, 0) is 18.6 Å². The summed E-state index contributed by atoms with van der Waals surface area (Å²) in [5.74, 6) is -0.350. The Morgan fingerprint density at radius 1 is 1.83 bits per heavy atom. The van der Waals surface area contributed by atoms with Gasteiger partial charge < -0.3 is 16.4 Å². The number of nitrogens with one attached hydrogen (secondary N) is 1. The number of pyridine rings is 1. The summed E-state index contributed by atoms with van der Waals surface area (Å²) in [6.45, 7) is 0. The standard InChI is InChI=1S/C7H6N2O.U.V/c1-8-7(10)6-3-2-4-9-5-6;;/h2,5H,1H3,(H,8,10);;/q-2;;/i5T;;. The molecule has 1 aromatic rings. The van der Waals surface area contributed by atoms with Gasteiger partial charge in [0.2, 0.25) is 5.91 Å². The predicted octanol–water partition coefficient (Wildman–Crippen LogP) is 0.0391. The van der Waals surface area contributed by atoms with Crippen molar-refractivity contribution in [3.8, 4) is 0 Å². The van der Waals surface area contributed by atoms with Crippen LogP contribution in [0.3, 0.4) is 0 Å². The molecule has 1 N–H and O–H groups in total. The fourth-order valence-corrected chi connectivity index (χ4v) is 0.498. The second-order valence-electron chi connectivity index (χ2n) is 1.60. The third kappa shape index (κ3) is 4.32. The quantitative estimate of drug-likeness (QED) is 0.647. The van der Waals surface area contributed by atoms with Gasteiger partial charge in [-0.2, -0.15) is 11.7 Å². The van der Waals surface area contributed by atoms with Gasteiger partial charge in [0.25, 0.3) is 0 Å². The van der Waals surface area contributed by atoms with E-state index in [1.165, 1.54) is 13.1 Å². The van der Waals surface area contributed by atoms with Crippen molar-refractivity contribution in [3.05, 3.63) is 30.1 Å². The molecule has 0 unspecified atom stereocenters. The number of hydrogen-bond donors (Lipinski definition) is 1. The van der Waals surface area contributed by atoms with E-state index in [0.717, 1.165) is 0 Å². The minimum absolute atomic E-state index is 0. The summed E-state index contributed by atoms with van der Waals surface area (Å²) in [5, 5.41) is 2.38. The molecular formula is C7H6N2OUV-2. The monoisotopic (exact) mass is 425 g/mol. The van der Waals surface area contributed by atoms with E-state index in [1.807, 2.05) is 0 Å². The molecular weight excluding hydrogens is 417 g/mol. The van der Waals surface area contributed by atoms with Gasteiger partial charge in [-0.3, -0.25) is 17.1 Å². The molecule has 0 aliphatic carbocycles. The first-order valence-corrected chi connectivity index (χ1v) is 2.73. The Hall–Kier alpha value is 0.256. The van der Waals surface area contributed by atoms with Crippen LogP contribution in [0.1, 0.15) is 11.7 Å². The number of rotatable bonds is 1. The third-order valence-electron chi connectivity index (χ3n) is 0.967. The molecule has 0 fully saturated rings. The van der Waals surface area contributed by atoms with Gasteiger partial charge >= 0.3 is 0 Å². The summed E-state index contributed by atoms with van der Waals surface area (Å²) in [4.78, 5) is 14.4. The Bertz CT molecular complexity index is 285. The minimum atomic E-state index is -0.350. The molecule has 1 radical (unpaired) electrons. The summed E-state index contributed by atoms with van der Waals surface area (Å²) in [6, 6.07) is 3.95. The number of carbonyl (C=O) groups excluding carboxylic acids is 1. The second-order valence-corrected chi connectivity index (χ2v) is 1.60. The Morgan fingerprint density at radius 3 is 3.00 bits per heavy atom. The molecule has 0 spiro atoms. The molecule has 0 aliphatic rings. The minimum Gasteiger partial charge on any atom is -0.528 e. The van der Waals surface area contributed by atoms with Crippen LogP contribution in [0.5, 0.6) is 0 Å². The van der Waals surface area contributed by atoms with Gasteiger partial charge in [-0.05, 0) is 0 Å². The molecule has 61 valence electrons. The van der Waals surface area contributed by atoms with Crippen LogP contribution in [0.2, 0.25) is 0 Å². The molecule has 1 amide bonds. The largest absolute Gasteiger partial charge is 0.528 e. The van der Waals surface area contributed by atoms with Crippen molar-refractivity contribution in [2.75, 3.05) is 7.05 Å². The zero-order valence-electron chi connectivity index (χ0n) is 7.38. The first-order chi connectivity index (χ1) is 5.25. The maximum absolute atomic E-state index is 10.9. The first-order valence-electron chi connectivity index (χ1n) is 3.23. The Kier molecular flexibility index (Phi) is 8.05. The van der Waals surface area contributed by atoms with Crippen LogP contribution < -0.4 is 5.32 Å². The first kappa shape index (κ1) is 12.3. The number of nitrogens with zero attached hydrogens (tertiary/aromatic N) is 1. The molecule has 1 rings (SSSR count). The van der Waals surface area contributed by atoms with E-state index in [0.29, 0.717) is 0 Å². The zero-order chi connectivity index (χ0) is 8.27. The van der Waals surface area contributed by atoms with Gasteiger partial charge in [0, 0.05) is 56.7 Å². The maximum atomic E-state index is 10.9. The van der Waals surface area contributed by atoms with E-state index in [-0.39, 0.29) is 67.3 Å². The van der Waals surface area contributed by atoms with E-state index in [9.17, 15) is 4.79 Å². The topological polar surface area (TPSA) is 42.0 Å². The number of amides is 1. The summed E-state index contributed by atoms with van der Waals surface area (Å²) in [5.41, 5.74) is 0.145. The fourth-order valence-electron chi connectivity index (χ4n) is 0.498. The van der Waals surface area contributed by atoms with Crippen molar-refractivity contribution in [1.29, 1.82) is 0 Å². The predicted molar refractivity (Wildman–Crippen MR) is 35.3 cm³/mol. The number of hydrogen-bond acceptors (Lipinski definition) is 2. The van der Waals surface area contributed by atoms with Crippen LogP contribution in [-0.4, -0.2) is 17.9 Å². The Balaban J connectivity index is 0. The van der Waals surface area contributed by atoms with E-state index >= 15 is 0 Å². The van der Waals surface area contributed by atoms with Gasteiger partial charge in [-0.1, -0.05) is 1.37 Å². The molecule has 0 aliphatic heterocycles. The normalized spacial score (nSPS) is 8.58.